The standard InChI is InChI=1S/C26H21F5N2O/c1-2-3-17-14-32-25(33-15-17)20-9-10-21-19(13-20)8-7-18(24(21)28)6-4-16-5-11-23(22(27)12-16)34-26(29,30)31/h5,7-15H,2-4,6H2,1H3. The number of hydrogen-bond acceptors (Lipinski definition) is 3. The van der Waals surface area contributed by atoms with Gasteiger partial charge in [-0.15, -0.1) is 13.2 Å². The normalized spacial score (nSPS) is 11.7. The summed E-state index contributed by atoms with van der Waals surface area (Å²) in [6.07, 6.45) is 1.04. The van der Waals surface area contributed by atoms with Gasteiger partial charge in [-0.1, -0.05) is 43.7 Å². The van der Waals surface area contributed by atoms with Crippen molar-refractivity contribution in [3.05, 3.63) is 89.2 Å². The summed E-state index contributed by atoms with van der Waals surface area (Å²) in [6, 6.07) is 11.9. The third kappa shape index (κ3) is 5.50. The number of nitrogens with zero attached hydrogens (tertiary/aromatic N) is 2. The topological polar surface area (TPSA) is 35.0 Å². The lowest BCUT2D eigenvalue weighted by atomic mass is 9.99. The largest absolute Gasteiger partial charge is 0.573 e. The van der Waals surface area contributed by atoms with Gasteiger partial charge in [-0.25, -0.2) is 18.7 Å². The Morgan fingerprint density at radius 3 is 2.26 bits per heavy atom. The Hall–Kier alpha value is -3.55. The molecule has 1 heterocycles. The van der Waals surface area contributed by atoms with Crippen LogP contribution in [0.3, 0.4) is 0 Å². The van der Waals surface area contributed by atoms with Gasteiger partial charge < -0.3 is 4.74 Å². The first kappa shape index (κ1) is 23.6. The number of aryl methyl sites for hydroxylation is 3. The summed E-state index contributed by atoms with van der Waals surface area (Å²) in [5, 5.41) is 1.13. The van der Waals surface area contributed by atoms with Crippen LogP contribution < -0.4 is 4.74 Å². The molecule has 0 spiro atoms. The third-order valence-electron chi connectivity index (χ3n) is 5.44. The van der Waals surface area contributed by atoms with E-state index in [1.54, 1.807) is 36.7 Å². The average Bonchev–Trinajstić information content (AvgIpc) is 2.80. The first-order valence-corrected chi connectivity index (χ1v) is 10.8. The second-order valence-electron chi connectivity index (χ2n) is 7.95. The summed E-state index contributed by atoms with van der Waals surface area (Å²) >= 11 is 0. The highest BCUT2D eigenvalue weighted by molar-refractivity contribution is 5.87. The van der Waals surface area contributed by atoms with Gasteiger partial charge in [0.05, 0.1) is 0 Å². The fourth-order valence-corrected chi connectivity index (χ4v) is 3.78. The van der Waals surface area contributed by atoms with Crippen molar-refractivity contribution >= 4 is 10.8 Å². The molecule has 3 nitrogen and oxygen atoms in total. The predicted molar refractivity (Wildman–Crippen MR) is 119 cm³/mol. The van der Waals surface area contributed by atoms with Gasteiger partial charge in [-0.05, 0) is 59.5 Å². The van der Waals surface area contributed by atoms with Crippen LogP contribution in [0.1, 0.15) is 30.0 Å². The van der Waals surface area contributed by atoms with Gasteiger partial charge >= 0.3 is 6.36 Å². The molecule has 4 aromatic rings. The van der Waals surface area contributed by atoms with Crippen LogP contribution in [-0.2, 0) is 19.3 Å². The van der Waals surface area contributed by atoms with E-state index in [1.807, 2.05) is 6.07 Å². The van der Waals surface area contributed by atoms with Gasteiger partial charge in [0.25, 0.3) is 0 Å². The van der Waals surface area contributed by atoms with Gasteiger partial charge in [0.1, 0.15) is 5.82 Å². The zero-order chi connectivity index (χ0) is 24.3. The molecular formula is C26H21F5N2O. The molecule has 0 amide bonds. The second-order valence-corrected chi connectivity index (χ2v) is 7.95. The minimum Gasteiger partial charge on any atom is -0.403 e. The molecule has 0 saturated carbocycles. The van der Waals surface area contributed by atoms with Crippen molar-refractivity contribution in [3.63, 3.8) is 0 Å². The number of fused-ring (bicyclic) bond motifs is 1. The molecule has 3 aromatic carbocycles. The molecule has 0 atom stereocenters. The monoisotopic (exact) mass is 472 g/mol. The quantitative estimate of drug-likeness (QED) is 0.267. The SMILES string of the molecule is CCCc1cnc(-c2ccc3c(F)c(CCc4ccc(OC(F)(F)F)c(F)c4)ccc3c2)nc1. The van der Waals surface area contributed by atoms with Crippen LogP contribution >= 0.6 is 0 Å². The number of hydrogen-bond donors (Lipinski definition) is 0. The molecule has 176 valence electrons. The summed E-state index contributed by atoms with van der Waals surface area (Å²) in [7, 11) is 0. The molecule has 8 heteroatoms. The summed E-state index contributed by atoms with van der Waals surface area (Å²) < 4.78 is 69.6. The van der Waals surface area contributed by atoms with Gasteiger partial charge in [0, 0.05) is 23.3 Å². The first-order chi connectivity index (χ1) is 16.2. The predicted octanol–water partition coefficient (Wildman–Crippen LogP) is 7.21. The number of halogens is 5. The Morgan fingerprint density at radius 1 is 0.824 bits per heavy atom. The lowest BCUT2D eigenvalue weighted by Crippen LogP contribution is -2.18. The Morgan fingerprint density at radius 2 is 1.59 bits per heavy atom. The minimum absolute atomic E-state index is 0.252. The Labute approximate surface area is 193 Å². The van der Waals surface area contributed by atoms with Crippen molar-refractivity contribution in [1.29, 1.82) is 0 Å². The number of alkyl halides is 3. The van der Waals surface area contributed by atoms with Crippen molar-refractivity contribution in [2.24, 2.45) is 0 Å². The molecule has 0 radical (unpaired) electrons. The summed E-state index contributed by atoms with van der Waals surface area (Å²) in [6.45, 7) is 2.08. The fourth-order valence-electron chi connectivity index (χ4n) is 3.78. The highest BCUT2D eigenvalue weighted by Gasteiger charge is 2.32. The van der Waals surface area contributed by atoms with E-state index < -0.39 is 17.9 Å². The average molecular weight is 472 g/mol. The van der Waals surface area contributed by atoms with Crippen molar-refractivity contribution in [2.75, 3.05) is 0 Å². The highest BCUT2D eigenvalue weighted by Crippen LogP contribution is 2.28. The molecule has 0 aliphatic rings. The lowest BCUT2D eigenvalue weighted by molar-refractivity contribution is -0.275. The van der Waals surface area contributed by atoms with Crippen molar-refractivity contribution in [3.8, 4) is 17.1 Å². The Bertz CT molecular complexity index is 1300. The van der Waals surface area contributed by atoms with E-state index in [0.717, 1.165) is 36.1 Å². The molecule has 0 fully saturated rings. The first-order valence-electron chi connectivity index (χ1n) is 10.8. The highest BCUT2D eigenvalue weighted by atomic mass is 19.4. The van der Waals surface area contributed by atoms with Gasteiger partial charge in [0.2, 0.25) is 0 Å². The van der Waals surface area contributed by atoms with Crippen LogP contribution in [-0.4, -0.2) is 16.3 Å². The van der Waals surface area contributed by atoms with E-state index in [1.165, 1.54) is 6.07 Å². The molecule has 0 bridgehead atoms. The number of rotatable bonds is 7. The molecule has 0 aliphatic heterocycles. The van der Waals surface area contributed by atoms with E-state index in [4.69, 9.17) is 0 Å². The number of ether oxygens (including phenoxy) is 1. The molecule has 34 heavy (non-hydrogen) atoms. The molecule has 0 aliphatic carbocycles. The van der Waals surface area contributed by atoms with Crippen LogP contribution in [0.4, 0.5) is 22.0 Å². The van der Waals surface area contributed by atoms with Crippen LogP contribution in [0, 0.1) is 11.6 Å². The molecular weight excluding hydrogens is 451 g/mol. The lowest BCUT2D eigenvalue weighted by Gasteiger charge is -2.11. The van der Waals surface area contributed by atoms with Crippen molar-refractivity contribution in [2.45, 2.75) is 39.0 Å². The van der Waals surface area contributed by atoms with Gasteiger partial charge in [0.15, 0.2) is 17.4 Å². The fraction of sp³-hybridized carbons (Fsp3) is 0.231. The van der Waals surface area contributed by atoms with Gasteiger partial charge in [-0.2, -0.15) is 0 Å². The van der Waals surface area contributed by atoms with E-state index in [9.17, 15) is 17.6 Å². The minimum atomic E-state index is -4.97. The van der Waals surface area contributed by atoms with E-state index in [0.29, 0.717) is 27.7 Å². The Kier molecular flexibility index (Phi) is 6.77. The molecule has 1 aromatic heterocycles. The van der Waals surface area contributed by atoms with E-state index in [-0.39, 0.29) is 18.7 Å². The summed E-state index contributed by atoms with van der Waals surface area (Å²) in [5.74, 6) is -1.84. The molecule has 0 saturated heterocycles. The smallest absolute Gasteiger partial charge is 0.403 e. The summed E-state index contributed by atoms with van der Waals surface area (Å²) in [5.41, 5.74) is 2.70. The van der Waals surface area contributed by atoms with Crippen LogP contribution in [0.25, 0.3) is 22.2 Å². The molecule has 4 rings (SSSR count). The summed E-state index contributed by atoms with van der Waals surface area (Å²) in [4.78, 5) is 8.81. The van der Waals surface area contributed by atoms with E-state index in [2.05, 4.69) is 21.6 Å². The third-order valence-corrected chi connectivity index (χ3v) is 5.44. The number of benzene rings is 3. The Balaban J connectivity index is 1.50. The maximum absolute atomic E-state index is 15.1. The van der Waals surface area contributed by atoms with E-state index >= 15 is 4.39 Å². The molecule has 0 N–H and O–H groups in total. The van der Waals surface area contributed by atoms with Crippen LogP contribution in [0.15, 0.2) is 60.9 Å². The second kappa shape index (κ2) is 9.75. The zero-order valence-corrected chi connectivity index (χ0v) is 18.3. The van der Waals surface area contributed by atoms with Gasteiger partial charge in [-0.3, -0.25) is 0 Å². The zero-order valence-electron chi connectivity index (χ0n) is 18.3. The van der Waals surface area contributed by atoms with Crippen LogP contribution in [0.5, 0.6) is 5.75 Å². The van der Waals surface area contributed by atoms with Crippen LogP contribution in [0.2, 0.25) is 0 Å². The number of aromatic nitrogens is 2. The maximum atomic E-state index is 15.1. The maximum Gasteiger partial charge on any atom is 0.573 e. The molecule has 0 unspecified atom stereocenters. The van der Waals surface area contributed by atoms with Crippen molar-refractivity contribution in [1.82, 2.24) is 9.97 Å². The van der Waals surface area contributed by atoms with Crippen molar-refractivity contribution < 1.29 is 26.7 Å².